The van der Waals surface area contributed by atoms with E-state index in [2.05, 4.69) is 0 Å². The number of nitrogens with zero attached hydrogens (tertiary/aromatic N) is 1. The van der Waals surface area contributed by atoms with E-state index in [0.29, 0.717) is 19.5 Å². The molecule has 114 valence electrons. The summed E-state index contributed by atoms with van der Waals surface area (Å²) >= 11 is 0. The van der Waals surface area contributed by atoms with Crippen molar-refractivity contribution in [2.75, 3.05) is 13.1 Å². The summed E-state index contributed by atoms with van der Waals surface area (Å²) in [4.78, 5) is 36.5. The van der Waals surface area contributed by atoms with Crippen LogP contribution in [0.5, 0.6) is 0 Å². The van der Waals surface area contributed by atoms with Crippen molar-refractivity contribution in [2.45, 2.75) is 40.0 Å². The highest BCUT2D eigenvalue weighted by Crippen LogP contribution is 2.32. The Hall–Kier alpha value is -1.59. The predicted octanol–water partition coefficient (Wildman–Crippen LogP) is 0.847. The van der Waals surface area contributed by atoms with Crippen molar-refractivity contribution >= 4 is 17.8 Å². The number of carbonyl (C=O) groups excluding carboxylic acids is 2. The third kappa shape index (κ3) is 3.49. The molecular weight excluding hydrogens is 260 g/mol. The van der Waals surface area contributed by atoms with Gasteiger partial charge in [0.1, 0.15) is 0 Å². The van der Waals surface area contributed by atoms with Gasteiger partial charge in [-0.1, -0.05) is 13.8 Å². The summed E-state index contributed by atoms with van der Waals surface area (Å²) in [5, 5.41) is 9.35. The van der Waals surface area contributed by atoms with Crippen molar-refractivity contribution < 1.29 is 19.5 Å². The lowest BCUT2D eigenvalue weighted by atomic mass is 9.76. The molecule has 0 bridgehead atoms. The SMILES string of the molecule is CC(C)C(C)(CC(=O)N1CCCC(C(N)=O)C1)C(=O)O. The minimum absolute atomic E-state index is 0.0501. The summed E-state index contributed by atoms with van der Waals surface area (Å²) in [7, 11) is 0. The average Bonchev–Trinajstić information content (AvgIpc) is 2.38. The third-order valence-electron chi connectivity index (χ3n) is 4.46. The molecule has 1 aliphatic rings. The van der Waals surface area contributed by atoms with Crippen LogP contribution in [-0.4, -0.2) is 40.9 Å². The molecule has 1 fully saturated rings. The van der Waals surface area contributed by atoms with Gasteiger partial charge in [0, 0.05) is 19.5 Å². The van der Waals surface area contributed by atoms with Crippen LogP contribution in [0.15, 0.2) is 0 Å². The minimum atomic E-state index is -1.09. The van der Waals surface area contributed by atoms with Crippen LogP contribution in [0.3, 0.4) is 0 Å². The highest BCUT2D eigenvalue weighted by molar-refractivity contribution is 5.85. The zero-order valence-electron chi connectivity index (χ0n) is 12.4. The van der Waals surface area contributed by atoms with Gasteiger partial charge in [-0.3, -0.25) is 14.4 Å². The zero-order valence-corrected chi connectivity index (χ0v) is 12.4. The first kappa shape index (κ1) is 16.5. The number of rotatable bonds is 5. The van der Waals surface area contributed by atoms with E-state index in [1.54, 1.807) is 25.7 Å². The fourth-order valence-corrected chi connectivity index (χ4v) is 2.39. The van der Waals surface area contributed by atoms with Gasteiger partial charge in [-0.15, -0.1) is 0 Å². The first-order valence-electron chi connectivity index (χ1n) is 6.99. The molecule has 0 radical (unpaired) electrons. The summed E-state index contributed by atoms with van der Waals surface area (Å²) < 4.78 is 0. The molecule has 2 unspecified atom stereocenters. The van der Waals surface area contributed by atoms with Crippen LogP contribution in [0.4, 0.5) is 0 Å². The number of carboxylic acids is 1. The Balaban J connectivity index is 2.75. The van der Waals surface area contributed by atoms with E-state index in [4.69, 9.17) is 5.73 Å². The van der Waals surface area contributed by atoms with Crippen LogP contribution in [-0.2, 0) is 14.4 Å². The van der Waals surface area contributed by atoms with Crippen LogP contribution in [0.25, 0.3) is 0 Å². The summed E-state index contributed by atoms with van der Waals surface area (Å²) in [6.07, 6.45) is 1.37. The van der Waals surface area contributed by atoms with Crippen molar-refractivity contribution in [1.82, 2.24) is 4.90 Å². The normalized spacial score (nSPS) is 22.4. The molecule has 20 heavy (non-hydrogen) atoms. The van der Waals surface area contributed by atoms with E-state index in [-0.39, 0.29) is 24.2 Å². The van der Waals surface area contributed by atoms with Gasteiger partial charge in [0.2, 0.25) is 11.8 Å². The van der Waals surface area contributed by atoms with Crippen LogP contribution in [0.1, 0.15) is 40.0 Å². The number of hydrogen-bond acceptors (Lipinski definition) is 3. The third-order valence-corrected chi connectivity index (χ3v) is 4.46. The predicted molar refractivity (Wildman–Crippen MR) is 73.7 cm³/mol. The lowest BCUT2D eigenvalue weighted by Gasteiger charge is -2.35. The molecule has 1 rings (SSSR count). The van der Waals surface area contributed by atoms with Gasteiger partial charge in [-0.2, -0.15) is 0 Å². The van der Waals surface area contributed by atoms with E-state index in [1.807, 2.05) is 0 Å². The van der Waals surface area contributed by atoms with Gasteiger partial charge >= 0.3 is 5.97 Å². The number of primary amides is 1. The number of carbonyl (C=O) groups is 3. The maximum Gasteiger partial charge on any atom is 0.310 e. The van der Waals surface area contributed by atoms with Crippen molar-refractivity contribution in [2.24, 2.45) is 23.0 Å². The fraction of sp³-hybridized carbons (Fsp3) is 0.786. The number of amides is 2. The maximum atomic E-state index is 12.3. The minimum Gasteiger partial charge on any atom is -0.481 e. The Labute approximate surface area is 119 Å². The molecule has 0 aromatic heterocycles. The molecule has 0 aliphatic carbocycles. The second-order valence-electron chi connectivity index (χ2n) is 6.14. The molecule has 0 saturated carbocycles. The van der Waals surface area contributed by atoms with Crippen LogP contribution >= 0.6 is 0 Å². The van der Waals surface area contributed by atoms with Gasteiger partial charge in [0.05, 0.1) is 11.3 Å². The lowest BCUT2D eigenvalue weighted by Crippen LogP contribution is -2.47. The number of aliphatic carboxylic acids is 1. The molecule has 2 amide bonds. The first-order valence-corrected chi connectivity index (χ1v) is 6.99. The number of piperidine rings is 1. The quantitative estimate of drug-likeness (QED) is 0.781. The molecule has 1 aliphatic heterocycles. The van der Waals surface area contributed by atoms with Crippen LogP contribution < -0.4 is 5.73 Å². The molecule has 2 atom stereocenters. The van der Waals surface area contributed by atoms with E-state index in [0.717, 1.165) is 6.42 Å². The summed E-state index contributed by atoms with van der Waals surface area (Å²) in [5.74, 6) is -2.05. The summed E-state index contributed by atoms with van der Waals surface area (Å²) in [6.45, 7) is 6.05. The van der Waals surface area contributed by atoms with Gasteiger partial charge in [0.15, 0.2) is 0 Å². The molecule has 1 saturated heterocycles. The fourth-order valence-electron chi connectivity index (χ4n) is 2.39. The van der Waals surface area contributed by atoms with Crippen LogP contribution in [0.2, 0.25) is 0 Å². The second-order valence-corrected chi connectivity index (χ2v) is 6.14. The number of carboxylic acid groups (broad SMARTS) is 1. The second kappa shape index (κ2) is 6.24. The van der Waals surface area contributed by atoms with E-state index in [9.17, 15) is 19.5 Å². The Bertz CT molecular complexity index is 408. The van der Waals surface area contributed by atoms with E-state index < -0.39 is 17.3 Å². The number of likely N-dealkylation sites (tertiary alicyclic amines) is 1. The van der Waals surface area contributed by atoms with Gasteiger partial charge in [0.25, 0.3) is 0 Å². The monoisotopic (exact) mass is 284 g/mol. The Morgan fingerprint density at radius 2 is 2.00 bits per heavy atom. The Morgan fingerprint density at radius 3 is 2.45 bits per heavy atom. The smallest absolute Gasteiger partial charge is 0.310 e. The molecule has 6 heteroatoms. The van der Waals surface area contributed by atoms with E-state index >= 15 is 0 Å². The summed E-state index contributed by atoms with van der Waals surface area (Å²) in [5.41, 5.74) is 4.20. The highest BCUT2D eigenvalue weighted by Gasteiger charge is 2.40. The van der Waals surface area contributed by atoms with Crippen molar-refractivity contribution in [3.63, 3.8) is 0 Å². The van der Waals surface area contributed by atoms with Crippen molar-refractivity contribution in [3.05, 3.63) is 0 Å². The highest BCUT2D eigenvalue weighted by atomic mass is 16.4. The van der Waals surface area contributed by atoms with E-state index in [1.165, 1.54) is 0 Å². The average molecular weight is 284 g/mol. The molecule has 3 N–H and O–H groups in total. The molecular formula is C14H24N2O4. The Morgan fingerprint density at radius 1 is 1.40 bits per heavy atom. The summed E-state index contributed by atoms with van der Waals surface area (Å²) in [6, 6.07) is 0. The van der Waals surface area contributed by atoms with Crippen LogP contribution in [0, 0.1) is 17.3 Å². The zero-order chi connectivity index (χ0) is 15.5. The molecule has 1 heterocycles. The molecule has 0 spiro atoms. The largest absolute Gasteiger partial charge is 0.481 e. The molecule has 6 nitrogen and oxygen atoms in total. The first-order chi connectivity index (χ1) is 9.18. The van der Waals surface area contributed by atoms with Crippen molar-refractivity contribution in [3.8, 4) is 0 Å². The van der Waals surface area contributed by atoms with Gasteiger partial charge in [-0.25, -0.2) is 0 Å². The number of nitrogens with two attached hydrogens (primary N) is 1. The molecule has 0 aromatic rings. The molecule has 0 aromatic carbocycles. The topological polar surface area (TPSA) is 101 Å². The lowest BCUT2D eigenvalue weighted by molar-refractivity contribution is -0.156. The van der Waals surface area contributed by atoms with Gasteiger partial charge < -0.3 is 15.7 Å². The Kier molecular flexibility index (Phi) is 5.14. The maximum absolute atomic E-state index is 12.3. The van der Waals surface area contributed by atoms with Crippen molar-refractivity contribution in [1.29, 1.82) is 0 Å². The standard InChI is InChI=1S/C14H24N2O4/c1-9(2)14(3,13(19)20)7-11(17)16-6-4-5-10(8-16)12(15)18/h9-10H,4-8H2,1-3H3,(H2,15,18)(H,19,20). The number of hydrogen-bond donors (Lipinski definition) is 2. The van der Waals surface area contributed by atoms with Gasteiger partial charge in [-0.05, 0) is 25.7 Å².